The highest BCUT2D eigenvalue weighted by molar-refractivity contribution is 5.45. The number of rotatable bonds is 2. The molecule has 2 atom stereocenters. The molecule has 0 bridgehead atoms. The van der Waals surface area contributed by atoms with E-state index in [0.717, 1.165) is 0 Å². The van der Waals surface area contributed by atoms with Crippen molar-refractivity contribution in [2.24, 2.45) is 11.1 Å². The van der Waals surface area contributed by atoms with Gasteiger partial charge in [0.2, 0.25) is 0 Å². The largest absolute Gasteiger partial charge is 0.496 e. The zero-order valence-electron chi connectivity index (χ0n) is 9.25. The van der Waals surface area contributed by atoms with Crippen molar-refractivity contribution in [2.45, 2.75) is 25.8 Å². The Morgan fingerprint density at radius 2 is 2.00 bits per heavy atom. The van der Waals surface area contributed by atoms with Crippen molar-refractivity contribution in [3.8, 4) is 5.75 Å². The molecule has 0 heterocycles. The third kappa shape index (κ3) is 1.42. The summed E-state index contributed by atoms with van der Waals surface area (Å²) in [4.78, 5) is 0. The number of benzene rings is 1. The summed E-state index contributed by atoms with van der Waals surface area (Å²) in [7, 11) is 1.55. The van der Waals surface area contributed by atoms with Gasteiger partial charge in [0.25, 0.3) is 0 Å². The average Bonchev–Trinajstić information content (AvgIpc) is 2.66. The zero-order chi connectivity index (χ0) is 11.2. The van der Waals surface area contributed by atoms with E-state index in [1.807, 2.05) is 13.8 Å². The zero-order valence-corrected chi connectivity index (χ0v) is 9.25. The summed E-state index contributed by atoms with van der Waals surface area (Å²) < 4.78 is 18.9. The lowest BCUT2D eigenvalue weighted by atomic mass is 10.0. The molecule has 0 unspecified atom stereocenters. The van der Waals surface area contributed by atoms with Crippen molar-refractivity contribution < 1.29 is 9.13 Å². The minimum absolute atomic E-state index is 0.0169. The van der Waals surface area contributed by atoms with Crippen LogP contribution in [0.15, 0.2) is 18.2 Å². The maximum absolute atomic E-state index is 13.7. The topological polar surface area (TPSA) is 35.2 Å². The quantitative estimate of drug-likeness (QED) is 0.811. The monoisotopic (exact) mass is 209 g/mol. The van der Waals surface area contributed by atoms with Crippen molar-refractivity contribution in [1.82, 2.24) is 0 Å². The second-order valence-corrected chi connectivity index (χ2v) is 4.68. The van der Waals surface area contributed by atoms with Gasteiger partial charge in [0.05, 0.1) is 7.11 Å². The second kappa shape index (κ2) is 3.20. The van der Waals surface area contributed by atoms with Crippen LogP contribution in [0.4, 0.5) is 4.39 Å². The molecular weight excluding hydrogens is 193 g/mol. The van der Waals surface area contributed by atoms with Gasteiger partial charge in [-0.2, -0.15) is 0 Å². The molecule has 1 aliphatic carbocycles. The predicted octanol–water partition coefficient (Wildman–Crippen LogP) is 2.29. The molecule has 1 saturated carbocycles. The number of nitrogens with two attached hydrogens (primary N) is 1. The summed E-state index contributed by atoms with van der Waals surface area (Å²) in [6.07, 6.45) is 0. The summed E-state index contributed by atoms with van der Waals surface area (Å²) in [5, 5.41) is 0. The molecule has 3 heteroatoms. The molecule has 1 aromatic carbocycles. The van der Waals surface area contributed by atoms with Crippen molar-refractivity contribution in [3.63, 3.8) is 0 Å². The van der Waals surface area contributed by atoms with Crippen LogP contribution in [0, 0.1) is 11.2 Å². The van der Waals surface area contributed by atoms with Gasteiger partial charge in [-0.15, -0.1) is 0 Å². The molecule has 2 N–H and O–H groups in total. The van der Waals surface area contributed by atoms with Gasteiger partial charge in [0, 0.05) is 17.5 Å². The molecule has 0 saturated heterocycles. The summed E-state index contributed by atoms with van der Waals surface area (Å²) in [6.45, 7) is 4.10. The van der Waals surface area contributed by atoms with Crippen molar-refractivity contribution in [1.29, 1.82) is 0 Å². The molecule has 1 fully saturated rings. The van der Waals surface area contributed by atoms with Crippen LogP contribution in [0.5, 0.6) is 5.75 Å². The fraction of sp³-hybridized carbons (Fsp3) is 0.500. The molecule has 82 valence electrons. The van der Waals surface area contributed by atoms with Gasteiger partial charge in [-0.25, -0.2) is 4.39 Å². The SMILES string of the molecule is COc1cccc(F)c1[C@@H]1[C@@H](N)C1(C)C. The van der Waals surface area contributed by atoms with Gasteiger partial charge in [-0.1, -0.05) is 19.9 Å². The third-order valence-electron chi connectivity index (χ3n) is 3.45. The van der Waals surface area contributed by atoms with E-state index in [0.29, 0.717) is 11.3 Å². The highest BCUT2D eigenvalue weighted by Crippen LogP contribution is 2.59. The smallest absolute Gasteiger partial charge is 0.130 e. The fourth-order valence-electron chi connectivity index (χ4n) is 2.23. The van der Waals surface area contributed by atoms with Crippen LogP contribution in [0.3, 0.4) is 0 Å². The molecule has 0 radical (unpaired) electrons. The molecule has 2 rings (SSSR count). The maximum atomic E-state index is 13.7. The first-order valence-corrected chi connectivity index (χ1v) is 5.08. The van der Waals surface area contributed by atoms with Crippen molar-refractivity contribution in [3.05, 3.63) is 29.6 Å². The lowest BCUT2D eigenvalue weighted by Gasteiger charge is -2.10. The number of ether oxygens (including phenoxy) is 1. The molecule has 1 aliphatic rings. The van der Waals surface area contributed by atoms with Crippen molar-refractivity contribution >= 4 is 0 Å². The van der Waals surface area contributed by atoms with Crippen molar-refractivity contribution in [2.75, 3.05) is 7.11 Å². The molecule has 1 aromatic rings. The fourth-order valence-corrected chi connectivity index (χ4v) is 2.23. The molecule has 2 nitrogen and oxygen atoms in total. The van der Waals surface area contributed by atoms with E-state index in [9.17, 15) is 4.39 Å². The Morgan fingerprint density at radius 3 is 2.47 bits per heavy atom. The number of methoxy groups -OCH3 is 1. The summed E-state index contributed by atoms with van der Waals surface area (Å²) in [5.74, 6) is 0.440. The van der Waals surface area contributed by atoms with Gasteiger partial charge in [0.1, 0.15) is 11.6 Å². The second-order valence-electron chi connectivity index (χ2n) is 4.68. The van der Waals surface area contributed by atoms with Gasteiger partial charge >= 0.3 is 0 Å². The van der Waals surface area contributed by atoms with Crippen LogP contribution in [0.2, 0.25) is 0 Å². The lowest BCUT2D eigenvalue weighted by Crippen LogP contribution is -2.06. The minimum Gasteiger partial charge on any atom is -0.496 e. The highest BCUT2D eigenvalue weighted by Gasteiger charge is 2.58. The Hall–Kier alpha value is -1.09. The van der Waals surface area contributed by atoms with Crippen LogP contribution < -0.4 is 10.5 Å². The highest BCUT2D eigenvalue weighted by atomic mass is 19.1. The molecule has 0 spiro atoms. The van der Waals surface area contributed by atoms with Gasteiger partial charge in [-0.3, -0.25) is 0 Å². The molecule has 0 aliphatic heterocycles. The lowest BCUT2D eigenvalue weighted by molar-refractivity contribution is 0.402. The van der Waals surface area contributed by atoms with Gasteiger partial charge in [0.15, 0.2) is 0 Å². The standard InChI is InChI=1S/C12H16FNO/c1-12(2)10(11(12)14)9-7(13)5-4-6-8(9)15-3/h4-6,10-11H,14H2,1-3H3/t10-,11-/m1/s1. The van der Waals surface area contributed by atoms with Crippen LogP contribution in [0.25, 0.3) is 0 Å². The average molecular weight is 209 g/mol. The molecule has 0 amide bonds. The Balaban J connectivity index is 2.45. The Labute approximate surface area is 89.2 Å². The maximum Gasteiger partial charge on any atom is 0.130 e. The van der Waals surface area contributed by atoms with E-state index in [1.54, 1.807) is 19.2 Å². The molecule has 0 aromatic heterocycles. The number of halogens is 1. The summed E-state index contributed by atoms with van der Waals surface area (Å²) >= 11 is 0. The van der Waals surface area contributed by atoms with E-state index >= 15 is 0 Å². The normalized spacial score (nSPS) is 27.5. The Bertz CT molecular complexity index is 389. The number of hydrogen-bond donors (Lipinski definition) is 1. The van der Waals surface area contributed by atoms with Crippen LogP contribution >= 0.6 is 0 Å². The van der Waals surface area contributed by atoms with E-state index in [-0.39, 0.29) is 23.2 Å². The van der Waals surface area contributed by atoms with Gasteiger partial charge < -0.3 is 10.5 Å². The van der Waals surface area contributed by atoms with E-state index in [1.165, 1.54) is 6.07 Å². The van der Waals surface area contributed by atoms with Crippen LogP contribution in [-0.4, -0.2) is 13.2 Å². The van der Waals surface area contributed by atoms with E-state index < -0.39 is 0 Å². The first-order chi connectivity index (χ1) is 7.00. The van der Waals surface area contributed by atoms with Gasteiger partial charge in [-0.05, 0) is 17.5 Å². The Morgan fingerprint density at radius 1 is 1.40 bits per heavy atom. The molecule has 15 heavy (non-hydrogen) atoms. The molecular formula is C12H16FNO. The summed E-state index contributed by atoms with van der Waals surface area (Å²) in [5.41, 5.74) is 6.54. The van der Waals surface area contributed by atoms with E-state index in [2.05, 4.69) is 0 Å². The summed E-state index contributed by atoms with van der Waals surface area (Å²) in [6, 6.07) is 4.90. The first-order valence-electron chi connectivity index (χ1n) is 5.08. The van der Waals surface area contributed by atoms with Crippen LogP contribution in [-0.2, 0) is 0 Å². The first kappa shape index (κ1) is 10.4. The van der Waals surface area contributed by atoms with Crippen LogP contribution in [0.1, 0.15) is 25.3 Å². The minimum atomic E-state index is -0.222. The third-order valence-corrected chi connectivity index (χ3v) is 3.45. The number of hydrogen-bond acceptors (Lipinski definition) is 2. The van der Waals surface area contributed by atoms with E-state index in [4.69, 9.17) is 10.5 Å². The predicted molar refractivity (Wildman–Crippen MR) is 57.4 cm³/mol. The Kier molecular flexibility index (Phi) is 2.23.